The van der Waals surface area contributed by atoms with Gasteiger partial charge in [-0.25, -0.2) is 0 Å². The van der Waals surface area contributed by atoms with Gasteiger partial charge in [-0.05, 0) is 38.6 Å². The number of hydrogen-bond donors (Lipinski definition) is 1. The van der Waals surface area contributed by atoms with Crippen molar-refractivity contribution in [2.24, 2.45) is 0 Å². The lowest BCUT2D eigenvalue weighted by Crippen LogP contribution is -2.59. The Labute approximate surface area is 125 Å². The Balaban J connectivity index is 3.02. The zero-order chi connectivity index (χ0) is 16.1. The highest BCUT2D eigenvalue weighted by atomic mass is 19.4. The fourth-order valence-corrected chi connectivity index (χ4v) is 3.30. The van der Waals surface area contributed by atoms with E-state index in [0.717, 1.165) is 17.7 Å². The molecule has 0 spiro atoms. The topological polar surface area (TPSA) is 32.3 Å². The SMILES string of the molecule is CCCC1(C(=O)N(CC(F)(F)F)C(CC)CC)CCCN1. The van der Waals surface area contributed by atoms with Crippen molar-refractivity contribution >= 4 is 5.91 Å². The van der Waals surface area contributed by atoms with E-state index in [-0.39, 0.29) is 11.9 Å². The number of rotatable bonds is 7. The first kappa shape index (κ1) is 18.3. The van der Waals surface area contributed by atoms with Gasteiger partial charge in [-0.2, -0.15) is 13.2 Å². The molecule has 0 aromatic heterocycles. The summed E-state index contributed by atoms with van der Waals surface area (Å²) in [7, 11) is 0. The summed E-state index contributed by atoms with van der Waals surface area (Å²) in [6.07, 6.45) is -0.421. The van der Waals surface area contributed by atoms with Crippen molar-refractivity contribution in [3.05, 3.63) is 0 Å². The van der Waals surface area contributed by atoms with Crippen LogP contribution in [0.2, 0.25) is 0 Å². The lowest BCUT2D eigenvalue weighted by molar-refractivity contribution is -0.170. The van der Waals surface area contributed by atoms with Crippen molar-refractivity contribution < 1.29 is 18.0 Å². The van der Waals surface area contributed by atoms with E-state index in [1.165, 1.54) is 0 Å². The first-order valence-electron chi connectivity index (χ1n) is 7.92. The molecule has 0 radical (unpaired) electrons. The van der Waals surface area contributed by atoms with Crippen LogP contribution in [-0.4, -0.2) is 41.7 Å². The molecule has 1 aliphatic heterocycles. The highest BCUT2D eigenvalue weighted by Gasteiger charge is 2.46. The second kappa shape index (κ2) is 7.47. The number of carbonyl (C=O) groups is 1. The summed E-state index contributed by atoms with van der Waals surface area (Å²) >= 11 is 0. The summed E-state index contributed by atoms with van der Waals surface area (Å²) in [5.41, 5.74) is -0.789. The Hall–Kier alpha value is -0.780. The molecule has 1 unspecified atom stereocenters. The van der Waals surface area contributed by atoms with Crippen LogP contribution in [0.1, 0.15) is 59.3 Å². The Morgan fingerprint density at radius 2 is 1.90 bits per heavy atom. The fraction of sp³-hybridized carbons (Fsp3) is 0.933. The first-order valence-corrected chi connectivity index (χ1v) is 7.92. The lowest BCUT2D eigenvalue weighted by Gasteiger charge is -2.39. The molecule has 0 saturated carbocycles. The number of nitrogens with zero attached hydrogens (tertiary/aromatic N) is 1. The molecule has 1 atom stereocenters. The van der Waals surface area contributed by atoms with Crippen LogP contribution in [0.3, 0.4) is 0 Å². The third kappa shape index (κ3) is 4.59. The van der Waals surface area contributed by atoms with E-state index in [0.29, 0.717) is 32.2 Å². The lowest BCUT2D eigenvalue weighted by atomic mass is 9.89. The van der Waals surface area contributed by atoms with Crippen molar-refractivity contribution in [1.29, 1.82) is 0 Å². The molecule has 3 nitrogen and oxygen atoms in total. The Bertz CT molecular complexity index is 334. The number of hydrogen-bond acceptors (Lipinski definition) is 2. The summed E-state index contributed by atoms with van der Waals surface area (Å²) < 4.78 is 38.6. The second-order valence-corrected chi connectivity index (χ2v) is 5.88. The zero-order valence-electron chi connectivity index (χ0n) is 13.2. The van der Waals surface area contributed by atoms with Gasteiger partial charge in [0, 0.05) is 6.04 Å². The maximum atomic E-state index is 12.9. The molecular formula is C15H27F3N2O. The normalized spacial score (nSPS) is 22.8. The monoisotopic (exact) mass is 308 g/mol. The van der Waals surface area contributed by atoms with E-state index in [1.807, 2.05) is 20.8 Å². The Kier molecular flexibility index (Phi) is 6.50. The summed E-state index contributed by atoms with van der Waals surface area (Å²) in [4.78, 5) is 13.9. The highest BCUT2D eigenvalue weighted by molar-refractivity contribution is 5.87. The fourth-order valence-electron chi connectivity index (χ4n) is 3.30. The molecule has 0 aromatic carbocycles. The van der Waals surface area contributed by atoms with E-state index in [2.05, 4.69) is 5.32 Å². The van der Waals surface area contributed by atoms with Crippen LogP contribution >= 0.6 is 0 Å². The quantitative estimate of drug-likeness (QED) is 0.781. The van der Waals surface area contributed by atoms with Crippen molar-refractivity contribution in [3.8, 4) is 0 Å². The smallest absolute Gasteiger partial charge is 0.329 e. The Morgan fingerprint density at radius 1 is 1.29 bits per heavy atom. The van der Waals surface area contributed by atoms with E-state index < -0.39 is 18.3 Å². The molecule has 1 N–H and O–H groups in total. The van der Waals surface area contributed by atoms with Gasteiger partial charge in [-0.3, -0.25) is 4.79 Å². The minimum Gasteiger partial charge on any atom is -0.329 e. The van der Waals surface area contributed by atoms with E-state index in [4.69, 9.17) is 0 Å². The molecule has 1 heterocycles. The van der Waals surface area contributed by atoms with Crippen molar-refractivity contribution in [2.45, 2.75) is 77.1 Å². The summed E-state index contributed by atoms with van der Waals surface area (Å²) in [5.74, 6) is -0.368. The van der Waals surface area contributed by atoms with E-state index >= 15 is 0 Å². The van der Waals surface area contributed by atoms with E-state index in [9.17, 15) is 18.0 Å². The average molecular weight is 308 g/mol. The summed E-state index contributed by atoms with van der Waals surface area (Å²) in [5, 5.41) is 3.18. The molecule has 1 amide bonds. The average Bonchev–Trinajstić information content (AvgIpc) is 2.87. The van der Waals surface area contributed by atoms with Crippen LogP contribution < -0.4 is 5.32 Å². The minimum atomic E-state index is -4.36. The van der Waals surface area contributed by atoms with Gasteiger partial charge in [-0.15, -0.1) is 0 Å². The van der Waals surface area contributed by atoms with Crippen LogP contribution in [0.4, 0.5) is 13.2 Å². The molecule has 1 fully saturated rings. The van der Waals surface area contributed by atoms with Crippen molar-refractivity contribution in [2.75, 3.05) is 13.1 Å². The van der Waals surface area contributed by atoms with Gasteiger partial charge in [0.25, 0.3) is 0 Å². The molecular weight excluding hydrogens is 281 g/mol. The predicted octanol–water partition coefficient (Wildman–Crippen LogP) is 3.49. The summed E-state index contributed by atoms with van der Waals surface area (Å²) in [6.45, 7) is 5.18. The van der Waals surface area contributed by atoms with Crippen LogP contribution in [0, 0.1) is 0 Å². The predicted molar refractivity (Wildman–Crippen MR) is 77.0 cm³/mol. The van der Waals surface area contributed by atoms with Crippen LogP contribution in [0.5, 0.6) is 0 Å². The molecule has 1 saturated heterocycles. The first-order chi connectivity index (χ1) is 9.79. The van der Waals surface area contributed by atoms with E-state index in [1.54, 1.807) is 0 Å². The second-order valence-electron chi connectivity index (χ2n) is 5.88. The third-order valence-electron chi connectivity index (χ3n) is 4.32. The number of alkyl halides is 3. The van der Waals surface area contributed by atoms with Crippen molar-refractivity contribution in [1.82, 2.24) is 10.2 Å². The van der Waals surface area contributed by atoms with Gasteiger partial charge in [-0.1, -0.05) is 27.2 Å². The van der Waals surface area contributed by atoms with Gasteiger partial charge in [0.05, 0.1) is 5.54 Å². The van der Waals surface area contributed by atoms with Crippen molar-refractivity contribution in [3.63, 3.8) is 0 Å². The van der Waals surface area contributed by atoms with Crippen LogP contribution in [-0.2, 0) is 4.79 Å². The molecule has 0 aromatic rings. The molecule has 1 rings (SSSR count). The standard InChI is InChI=1S/C15H27F3N2O/c1-4-8-14(9-7-10-19-14)13(21)20(11-15(16,17)18)12(5-2)6-3/h12,19H,4-11H2,1-3H3. The zero-order valence-corrected chi connectivity index (χ0v) is 13.2. The van der Waals surface area contributed by atoms with Gasteiger partial charge >= 0.3 is 6.18 Å². The van der Waals surface area contributed by atoms with Gasteiger partial charge in [0.1, 0.15) is 6.54 Å². The number of carbonyl (C=O) groups excluding carboxylic acids is 1. The number of amides is 1. The van der Waals surface area contributed by atoms with Gasteiger partial charge < -0.3 is 10.2 Å². The maximum Gasteiger partial charge on any atom is 0.406 e. The third-order valence-corrected chi connectivity index (χ3v) is 4.32. The number of nitrogens with one attached hydrogen (secondary N) is 1. The highest BCUT2D eigenvalue weighted by Crippen LogP contribution is 2.30. The Morgan fingerprint density at radius 3 is 2.29 bits per heavy atom. The minimum absolute atomic E-state index is 0.352. The maximum absolute atomic E-state index is 12.9. The largest absolute Gasteiger partial charge is 0.406 e. The number of halogens is 3. The molecule has 0 aliphatic carbocycles. The molecule has 6 heteroatoms. The summed E-state index contributed by atoms with van der Waals surface area (Å²) in [6, 6.07) is -0.352. The molecule has 1 aliphatic rings. The van der Waals surface area contributed by atoms with Gasteiger partial charge in [0.15, 0.2) is 0 Å². The molecule has 21 heavy (non-hydrogen) atoms. The van der Waals surface area contributed by atoms with Crippen LogP contribution in [0.25, 0.3) is 0 Å². The molecule has 124 valence electrons. The van der Waals surface area contributed by atoms with Crippen LogP contribution in [0.15, 0.2) is 0 Å². The van der Waals surface area contributed by atoms with Gasteiger partial charge in [0.2, 0.25) is 5.91 Å². The molecule has 0 bridgehead atoms.